The maximum atomic E-state index is 12.3. The number of benzene rings is 2. The number of carbonyl (C=O) groups excluding carboxylic acids is 2. The molecule has 1 atom stereocenters. The van der Waals surface area contributed by atoms with E-state index in [2.05, 4.69) is 5.32 Å². The van der Waals surface area contributed by atoms with E-state index in [1.54, 1.807) is 31.2 Å². The van der Waals surface area contributed by atoms with Gasteiger partial charge in [0.2, 0.25) is 0 Å². The minimum Gasteiger partial charge on any atom is -0.481 e. The van der Waals surface area contributed by atoms with Crippen LogP contribution in [0.15, 0.2) is 48.5 Å². The Kier molecular flexibility index (Phi) is 5.36. The standard InChI is InChI=1S/C18H19NO4/c1-12-8-4-7-11-16(12)23-13(2)17(20)19-15-10-6-5-9-14(15)18(21)22-3/h4-11,13H,1-3H3,(H,19,20)/t13-/m1/s1. The number of hydrogen-bond acceptors (Lipinski definition) is 4. The number of anilines is 1. The number of hydrogen-bond donors (Lipinski definition) is 1. The lowest BCUT2D eigenvalue weighted by Crippen LogP contribution is -2.31. The number of methoxy groups -OCH3 is 1. The number of aryl methyl sites for hydroxylation is 1. The van der Waals surface area contributed by atoms with E-state index < -0.39 is 12.1 Å². The number of rotatable bonds is 5. The van der Waals surface area contributed by atoms with Gasteiger partial charge in [-0.05, 0) is 37.6 Å². The number of ether oxygens (including phenoxy) is 2. The summed E-state index contributed by atoms with van der Waals surface area (Å²) in [5.41, 5.74) is 1.64. The first-order chi connectivity index (χ1) is 11.0. The molecule has 2 aromatic carbocycles. The molecule has 0 aliphatic rings. The maximum absolute atomic E-state index is 12.3. The molecule has 1 N–H and O–H groups in total. The Bertz CT molecular complexity index is 712. The molecule has 23 heavy (non-hydrogen) atoms. The second kappa shape index (κ2) is 7.45. The SMILES string of the molecule is COC(=O)c1ccccc1NC(=O)[C@@H](C)Oc1ccccc1C. The highest BCUT2D eigenvalue weighted by Gasteiger charge is 2.19. The van der Waals surface area contributed by atoms with Gasteiger partial charge in [-0.15, -0.1) is 0 Å². The molecule has 0 heterocycles. The van der Waals surface area contributed by atoms with Crippen molar-refractivity contribution in [1.82, 2.24) is 0 Å². The Morgan fingerprint density at radius 1 is 1.04 bits per heavy atom. The van der Waals surface area contributed by atoms with Gasteiger partial charge >= 0.3 is 5.97 Å². The van der Waals surface area contributed by atoms with Crippen molar-refractivity contribution in [2.45, 2.75) is 20.0 Å². The fourth-order valence-corrected chi connectivity index (χ4v) is 2.05. The largest absolute Gasteiger partial charge is 0.481 e. The van der Waals surface area contributed by atoms with E-state index in [0.29, 0.717) is 17.0 Å². The molecule has 0 bridgehead atoms. The number of para-hydroxylation sites is 2. The van der Waals surface area contributed by atoms with Gasteiger partial charge in [0.1, 0.15) is 5.75 Å². The lowest BCUT2D eigenvalue weighted by molar-refractivity contribution is -0.122. The van der Waals surface area contributed by atoms with Gasteiger partial charge in [0.15, 0.2) is 6.10 Å². The van der Waals surface area contributed by atoms with Crippen LogP contribution < -0.4 is 10.1 Å². The van der Waals surface area contributed by atoms with Crippen LogP contribution in [0.3, 0.4) is 0 Å². The zero-order chi connectivity index (χ0) is 16.8. The molecule has 2 aromatic rings. The van der Waals surface area contributed by atoms with Crippen molar-refractivity contribution in [3.05, 3.63) is 59.7 Å². The highest BCUT2D eigenvalue weighted by molar-refractivity contribution is 6.02. The van der Waals surface area contributed by atoms with E-state index in [9.17, 15) is 9.59 Å². The molecule has 0 aliphatic heterocycles. The fraction of sp³-hybridized carbons (Fsp3) is 0.222. The van der Waals surface area contributed by atoms with E-state index in [4.69, 9.17) is 9.47 Å². The van der Waals surface area contributed by atoms with E-state index in [1.165, 1.54) is 7.11 Å². The third kappa shape index (κ3) is 4.10. The van der Waals surface area contributed by atoms with Gasteiger partial charge in [0, 0.05) is 0 Å². The van der Waals surface area contributed by atoms with Gasteiger partial charge in [-0.1, -0.05) is 30.3 Å². The molecule has 0 aliphatic carbocycles. The minimum atomic E-state index is -0.707. The Morgan fingerprint density at radius 2 is 1.70 bits per heavy atom. The van der Waals surface area contributed by atoms with Gasteiger partial charge in [-0.25, -0.2) is 4.79 Å². The predicted molar refractivity (Wildman–Crippen MR) is 87.7 cm³/mol. The third-order valence-corrected chi connectivity index (χ3v) is 3.36. The molecule has 0 radical (unpaired) electrons. The summed E-state index contributed by atoms with van der Waals surface area (Å²) in [5.74, 6) is -0.200. The predicted octanol–water partition coefficient (Wildman–Crippen LogP) is 3.19. The van der Waals surface area contributed by atoms with Crippen molar-refractivity contribution >= 4 is 17.6 Å². The van der Waals surface area contributed by atoms with Crippen molar-refractivity contribution in [2.24, 2.45) is 0 Å². The molecule has 0 spiro atoms. The molecule has 0 saturated heterocycles. The van der Waals surface area contributed by atoms with Crippen molar-refractivity contribution < 1.29 is 19.1 Å². The van der Waals surface area contributed by atoms with E-state index >= 15 is 0 Å². The molecule has 0 fully saturated rings. The number of amides is 1. The molecule has 5 nitrogen and oxygen atoms in total. The zero-order valence-corrected chi connectivity index (χ0v) is 13.3. The number of carbonyl (C=O) groups is 2. The van der Waals surface area contributed by atoms with Crippen LogP contribution in [0.4, 0.5) is 5.69 Å². The number of esters is 1. The van der Waals surface area contributed by atoms with Crippen LogP contribution in [0.2, 0.25) is 0 Å². The van der Waals surface area contributed by atoms with E-state index in [1.807, 2.05) is 31.2 Å². The van der Waals surface area contributed by atoms with Crippen LogP contribution in [-0.4, -0.2) is 25.1 Å². The second-order valence-electron chi connectivity index (χ2n) is 5.05. The molecule has 2 rings (SSSR count). The highest BCUT2D eigenvalue weighted by Crippen LogP contribution is 2.20. The summed E-state index contributed by atoms with van der Waals surface area (Å²) >= 11 is 0. The summed E-state index contributed by atoms with van der Waals surface area (Å²) in [4.78, 5) is 24.0. The molecule has 0 unspecified atom stereocenters. The van der Waals surface area contributed by atoms with E-state index in [-0.39, 0.29) is 5.91 Å². The topological polar surface area (TPSA) is 64.6 Å². The molecular formula is C18H19NO4. The summed E-state index contributed by atoms with van der Waals surface area (Å²) in [6, 6.07) is 14.1. The van der Waals surface area contributed by atoms with Crippen LogP contribution in [0.25, 0.3) is 0 Å². The minimum absolute atomic E-state index is 0.298. The van der Waals surface area contributed by atoms with Crippen molar-refractivity contribution in [1.29, 1.82) is 0 Å². The fourth-order valence-electron chi connectivity index (χ4n) is 2.05. The van der Waals surface area contributed by atoms with Gasteiger partial charge in [-0.2, -0.15) is 0 Å². The number of nitrogens with one attached hydrogen (secondary N) is 1. The smallest absolute Gasteiger partial charge is 0.339 e. The summed E-state index contributed by atoms with van der Waals surface area (Å²) in [7, 11) is 1.30. The van der Waals surface area contributed by atoms with Crippen molar-refractivity contribution in [2.75, 3.05) is 12.4 Å². The Balaban J connectivity index is 2.10. The Morgan fingerprint density at radius 3 is 2.39 bits per heavy atom. The first kappa shape index (κ1) is 16.5. The zero-order valence-electron chi connectivity index (χ0n) is 13.3. The van der Waals surface area contributed by atoms with Crippen molar-refractivity contribution in [3.8, 4) is 5.75 Å². The van der Waals surface area contributed by atoms with Crippen LogP contribution >= 0.6 is 0 Å². The van der Waals surface area contributed by atoms with Crippen molar-refractivity contribution in [3.63, 3.8) is 0 Å². The maximum Gasteiger partial charge on any atom is 0.339 e. The summed E-state index contributed by atoms with van der Waals surface area (Å²) in [5, 5.41) is 2.70. The van der Waals surface area contributed by atoms with Gasteiger partial charge in [0.25, 0.3) is 5.91 Å². The van der Waals surface area contributed by atoms with Crippen LogP contribution in [0.1, 0.15) is 22.8 Å². The van der Waals surface area contributed by atoms with E-state index in [0.717, 1.165) is 5.56 Å². The summed E-state index contributed by atoms with van der Waals surface area (Å²) in [6.07, 6.45) is -0.707. The van der Waals surface area contributed by atoms with Gasteiger partial charge < -0.3 is 14.8 Å². The molecule has 120 valence electrons. The average molecular weight is 313 g/mol. The molecule has 1 amide bonds. The van der Waals surface area contributed by atoms with Crippen LogP contribution in [0, 0.1) is 6.92 Å². The quantitative estimate of drug-likeness (QED) is 0.861. The van der Waals surface area contributed by atoms with Crippen LogP contribution in [-0.2, 0) is 9.53 Å². The normalized spacial score (nSPS) is 11.4. The summed E-state index contributed by atoms with van der Waals surface area (Å²) in [6.45, 7) is 3.56. The molecule has 0 aromatic heterocycles. The van der Waals surface area contributed by atoms with Gasteiger partial charge in [0.05, 0.1) is 18.4 Å². The molecular weight excluding hydrogens is 294 g/mol. The Hall–Kier alpha value is -2.82. The summed E-state index contributed by atoms with van der Waals surface area (Å²) < 4.78 is 10.4. The molecule has 5 heteroatoms. The second-order valence-corrected chi connectivity index (χ2v) is 5.05. The highest BCUT2D eigenvalue weighted by atomic mass is 16.5. The monoisotopic (exact) mass is 313 g/mol. The molecule has 0 saturated carbocycles. The van der Waals surface area contributed by atoms with Crippen LogP contribution in [0.5, 0.6) is 5.75 Å². The lowest BCUT2D eigenvalue weighted by Gasteiger charge is -2.17. The average Bonchev–Trinajstić information content (AvgIpc) is 2.56. The first-order valence-corrected chi connectivity index (χ1v) is 7.23. The lowest BCUT2D eigenvalue weighted by atomic mass is 10.1. The van der Waals surface area contributed by atoms with Gasteiger partial charge in [-0.3, -0.25) is 4.79 Å². The first-order valence-electron chi connectivity index (χ1n) is 7.23. The Labute approximate surface area is 135 Å². The third-order valence-electron chi connectivity index (χ3n) is 3.36.